The Morgan fingerprint density at radius 1 is 1.54 bits per heavy atom. The summed E-state index contributed by atoms with van der Waals surface area (Å²) in [5.41, 5.74) is 0.945. The Bertz CT molecular complexity index is 338. The second-order valence-corrected chi connectivity index (χ2v) is 4.83. The maximum Gasteiger partial charge on any atom is 0.132 e. The molecule has 0 amide bonds. The Hall–Kier alpha value is -0.700. The number of hydrogen-bond acceptors (Lipinski definition) is 2. The fourth-order valence-electron chi connectivity index (χ4n) is 1.57. The largest absolute Gasteiger partial charge is 0.507 e. The van der Waals surface area contributed by atoms with Gasteiger partial charge in [0.25, 0.3) is 0 Å². The fraction of sp³-hybridized carbons (Fsp3) is 0.400. The highest BCUT2D eigenvalue weighted by Crippen LogP contribution is 2.40. The lowest BCUT2D eigenvalue weighted by atomic mass is 10.1. The van der Waals surface area contributed by atoms with Gasteiger partial charge >= 0.3 is 0 Å². The quantitative estimate of drug-likeness (QED) is 0.691. The summed E-state index contributed by atoms with van der Waals surface area (Å²) in [4.78, 5) is 0.861. The third-order valence-corrected chi connectivity index (χ3v) is 3.60. The molecule has 1 aliphatic heterocycles. The molecule has 0 fully saturated rings. The third kappa shape index (κ3) is 1.66. The van der Waals surface area contributed by atoms with E-state index in [2.05, 4.69) is 6.92 Å². The van der Waals surface area contributed by atoms with E-state index in [9.17, 15) is 9.50 Å². The number of aryl methyl sites for hydroxylation is 1. The number of halogens is 1. The molecule has 1 N–H and O–H groups in total. The zero-order valence-electron chi connectivity index (χ0n) is 7.38. The van der Waals surface area contributed by atoms with E-state index < -0.39 is 0 Å². The Labute approximate surface area is 81.0 Å². The van der Waals surface area contributed by atoms with Crippen molar-refractivity contribution in [3.8, 4) is 5.75 Å². The summed E-state index contributed by atoms with van der Waals surface area (Å²) in [6, 6.07) is 2.71. The zero-order chi connectivity index (χ0) is 9.42. The molecule has 1 aromatic carbocycles. The van der Waals surface area contributed by atoms with Crippen LogP contribution in [0.15, 0.2) is 17.0 Å². The van der Waals surface area contributed by atoms with Crippen molar-refractivity contribution in [1.82, 2.24) is 0 Å². The maximum atomic E-state index is 12.9. The number of benzene rings is 1. The van der Waals surface area contributed by atoms with Gasteiger partial charge in [0.05, 0.1) is 4.90 Å². The minimum atomic E-state index is -0.341. The SMILES string of the molecule is CC1CCc2cc(F)cc(O)c2S1. The van der Waals surface area contributed by atoms with E-state index in [1.165, 1.54) is 12.1 Å². The molecular weight excluding hydrogens is 187 g/mol. The van der Waals surface area contributed by atoms with Crippen molar-refractivity contribution >= 4 is 11.8 Å². The molecule has 1 atom stereocenters. The van der Waals surface area contributed by atoms with Crippen molar-refractivity contribution in [2.45, 2.75) is 29.9 Å². The van der Waals surface area contributed by atoms with E-state index in [-0.39, 0.29) is 11.6 Å². The minimum absolute atomic E-state index is 0.0894. The van der Waals surface area contributed by atoms with E-state index in [4.69, 9.17) is 0 Å². The van der Waals surface area contributed by atoms with Crippen LogP contribution < -0.4 is 0 Å². The van der Waals surface area contributed by atoms with Crippen molar-refractivity contribution in [3.63, 3.8) is 0 Å². The number of fused-ring (bicyclic) bond motifs is 1. The van der Waals surface area contributed by atoms with Gasteiger partial charge in [-0.1, -0.05) is 6.92 Å². The van der Waals surface area contributed by atoms with E-state index in [0.29, 0.717) is 5.25 Å². The molecule has 1 aliphatic rings. The monoisotopic (exact) mass is 198 g/mol. The molecule has 1 heterocycles. The highest BCUT2D eigenvalue weighted by Gasteiger charge is 2.19. The number of phenols is 1. The Kier molecular flexibility index (Phi) is 2.20. The highest BCUT2D eigenvalue weighted by atomic mass is 32.2. The maximum absolute atomic E-state index is 12.9. The van der Waals surface area contributed by atoms with Crippen molar-refractivity contribution in [1.29, 1.82) is 0 Å². The number of rotatable bonds is 0. The zero-order valence-corrected chi connectivity index (χ0v) is 8.20. The van der Waals surface area contributed by atoms with Crippen molar-refractivity contribution in [2.75, 3.05) is 0 Å². The van der Waals surface area contributed by atoms with Gasteiger partial charge in [-0.15, -0.1) is 11.8 Å². The van der Waals surface area contributed by atoms with Gasteiger partial charge in [-0.25, -0.2) is 4.39 Å². The van der Waals surface area contributed by atoms with E-state index >= 15 is 0 Å². The first-order chi connectivity index (χ1) is 6.16. The molecule has 0 bridgehead atoms. The third-order valence-electron chi connectivity index (χ3n) is 2.25. The summed E-state index contributed by atoms with van der Waals surface area (Å²) in [6.07, 6.45) is 1.93. The summed E-state index contributed by atoms with van der Waals surface area (Å²) in [7, 11) is 0. The van der Waals surface area contributed by atoms with Gasteiger partial charge in [0.1, 0.15) is 11.6 Å². The van der Waals surface area contributed by atoms with E-state index in [0.717, 1.165) is 23.3 Å². The average Bonchev–Trinajstić information content (AvgIpc) is 2.06. The van der Waals surface area contributed by atoms with Crippen LogP contribution in [0, 0.1) is 5.82 Å². The first kappa shape index (κ1) is 8.88. The Balaban J connectivity index is 2.47. The molecule has 1 nitrogen and oxygen atoms in total. The van der Waals surface area contributed by atoms with E-state index in [1.54, 1.807) is 11.8 Å². The number of phenolic OH excluding ortho intramolecular Hbond substituents is 1. The standard InChI is InChI=1S/C10H11FOS/c1-6-2-3-7-4-8(11)5-9(12)10(7)13-6/h4-6,12H,2-3H2,1H3. The van der Waals surface area contributed by atoms with Crippen molar-refractivity contribution in [3.05, 3.63) is 23.5 Å². The van der Waals surface area contributed by atoms with Crippen LogP contribution in [0.2, 0.25) is 0 Å². The predicted octanol–water partition coefficient (Wildman–Crippen LogP) is 2.96. The summed E-state index contributed by atoms with van der Waals surface area (Å²) < 4.78 is 12.9. The van der Waals surface area contributed by atoms with Gasteiger partial charge in [0.15, 0.2) is 0 Å². The average molecular weight is 198 g/mol. The highest BCUT2D eigenvalue weighted by molar-refractivity contribution is 8.00. The van der Waals surface area contributed by atoms with Crippen LogP contribution >= 0.6 is 11.8 Å². The second-order valence-electron chi connectivity index (χ2n) is 3.38. The Morgan fingerprint density at radius 2 is 2.31 bits per heavy atom. The van der Waals surface area contributed by atoms with Crippen LogP contribution in [0.1, 0.15) is 18.9 Å². The van der Waals surface area contributed by atoms with Gasteiger partial charge < -0.3 is 5.11 Å². The number of aromatic hydroxyl groups is 1. The molecule has 1 unspecified atom stereocenters. The predicted molar refractivity (Wildman–Crippen MR) is 51.7 cm³/mol. The van der Waals surface area contributed by atoms with Crippen LogP contribution in [0.3, 0.4) is 0 Å². The summed E-state index contributed by atoms with van der Waals surface area (Å²) in [5.74, 6) is -0.252. The molecule has 3 heteroatoms. The molecular formula is C10H11FOS. The van der Waals surface area contributed by atoms with Gasteiger partial charge in [0.2, 0.25) is 0 Å². The first-order valence-electron chi connectivity index (χ1n) is 4.35. The van der Waals surface area contributed by atoms with Gasteiger partial charge in [0, 0.05) is 11.3 Å². The molecule has 0 saturated carbocycles. The summed E-state index contributed by atoms with van der Waals surface area (Å²) >= 11 is 1.63. The molecule has 1 aromatic rings. The molecule has 13 heavy (non-hydrogen) atoms. The molecule has 0 saturated heterocycles. The lowest BCUT2D eigenvalue weighted by molar-refractivity contribution is 0.452. The van der Waals surface area contributed by atoms with Crippen LogP contribution in [0.4, 0.5) is 4.39 Å². The molecule has 70 valence electrons. The van der Waals surface area contributed by atoms with Gasteiger partial charge in [-0.05, 0) is 24.5 Å². The molecule has 0 aliphatic carbocycles. The normalized spacial score (nSPS) is 21.2. The second kappa shape index (κ2) is 3.22. The number of hydrogen-bond donors (Lipinski definition) is 1. The van der Waals surface area contributed by atoms with Gasteiger partial charge in [-0.2, -0.15) is 0 Å². The summed E-state index contributed by atoms with van der Waals surface area (Å²) in [6.45, 7) is 2.12. The molecule has 0 radical (unpaired) electrons. The van der Waals surface area contributed by atoms with Crippen molar-refractivity contribution < 1.29 is 9.50 Å². The smallest absolute Gasteiger partial charge is 0.132 e. The van der Waals surface area contributed by atoms with Crippen molar-refractivity contribution in [2.24, 2.45) is 0 Å². The van der Waals surface area contributed by atoms with Gasteiger partial charge in [-0.3, -0.25) is 0 Å². The van der Waals surface area contributed by atoms with Crippen LogP contribution in [-0.4, -0.2) is 10.4 Å². The molecule has 0 spiro atoms. The van der Waals surface area contributed by atoms with Crippen LogP contribution in [0.5, 0.6) is 5.75 Å². The lowest BCUT2D eigenvalue weighted by Crippen LogP contribution is -2.07. The topological polar surface area (TPSA) is 20.2 Å². The van der Waals surface area contributed by atoms with Crippen LogP contribution in [-0.2, 0) is 6.42 Å². The van der Waals surface area contributed by atoms with Crippen LogP contribution in [0.25, 0.3) is 0 Å². The Morgan fingerprint density at radius 3 is 3.08 bits per heavy atom. The molecule has 2 rings (SSSR count). The van der Waals surface area contributed by atoms with E-state index in [1.807, 2.05) is 0 Å². The first-order valence-corrected chi connectivity index (χ1v) is 5.23. The lowest BCUT2D eigenvalue weighted by Gasteiger charge is -2.21. The summed E-state index contributed by atoms with van der Waals surface area (Å²) in [5, 5.41) is 10.0. The fourth-order valence-corrected chi connectivity index (χ4v) is 2.71. The minimum Gasteiger partial charge on any atom is -0.507 e. The molecule has 0 aromatic heterocycles. The number of thioether (sulfide) groups is 1.